The van der Waals surface area contributed by atoms with E-state index in [0.29, 0.717) is 18.4 Å². The standard InChI is InChI=1S/C11H7F2NO2.C11H8F2O4.2CH4/c12-11(13)15-8-2-1-7(5-9(8)16-11)10(6-14)3-4-10;12-11(13)16-7-2-1-6(5-8(7)17-11)10(3-4-10)9(14)15;;/h1-2,5H,3-4H2;1-2,5H,3-4H2,(H,14,15);2*1H4. The zero-order valence-corrected chi connectivity index (χ0v) is 16.7. The van der Waals surface area contributed by atoms with Crippen LogP contribution in [-0.2, 0) is 15.6 Å². The van der Waals surface area contributed by atoms with Crippen molar-refractivity contribution in [2.45, 2.75) is 64.0 Å². The highest BCUT2D eigenvalue weighted by Crippen LogP contribution is 2.52. The number of carbonyl (C=O) groups is 1. The lowest BCUT2D eigenvalue weighted by molar-refractivity contribution is -0.287. The molecule has 6 rings (SSSR count). The molecule has 0 atom stereocenters. The highest BCUT2D eigenvalue weighted by Gasteiger charge is 2.53. The Labute approximate surface area is 198 Å². The van der Waals surface area contributed by atoms with Crippen LogP contribution in [0.1, 0.15) is 51.7 Å². The number of carboxylic acid groups (broad SMARTS) is 1. The maximum atomic E-state index is 12.8. The van der Waals surface area contributed by atoms with Crippen LogP contribution in [0.15, 0.2) is 36.4 Å². The number of alkyl halides is 4. The summed E-state index contributed by atoms with van der Waals surface area (Å²) in [6.07, 6.45) is -4.71. The van der Waals surface area contributed by atoms with Gasteiger partial charge in [0.2, 0.25) is 0 Å². The van der Waals surface area contributed by atoms with Crippen molar-refractivity contribution in [1.29, 1.82) is 5.26 Å². The van der Waals surface area contributed by atoms with Crippen molar-refractivity contribution in [2.24, 2.45) is 0 Å². The molecule has 2 aliphatic carbocycles. The molecule has 2 heterocycles. The van der Waals surface area contributed by atoms with E-state index < -0.39 is 29.4 Å². The Morgan fingerprint density at radius 2 is 1.20 bits per heavy atom. The number of hydrogen-bond acceptors (Lipinski definition) is 6. The lowest BCUT2D eigenvalue weighted by Crippen LogP contribution is -2.26. The van der Waals surface area contributed by atoms with Crippen LogP contribution in [0.5, 0.6) is 23.0 Å². The third-order valence-electron chi connectivity index (χ3n) is 6.03. The van der Waals surface area contributed by atoms with Gasteiger partial charge < -0.3 is 24.1 Å². The number of fused-ring (bicyclic) bond motifs is 2. The second-order valence-electron chi connectivity index (χ2n) is 8.24. The van der Waals surface area contributed by atoms with Crippen LogP contribution >= 0.6 is 0 Å². The van der Waals surface area contributed by atoms with Gasteiger partial charge in [-0.1, -0.05) is 27.0 Å². The van der Waals surface area contributed by atoms with Crippen LogP contribution < -0.4 is 18.9 Å². The number of rotatable bonds is 3. The monoisotopic (exact) mass is 497 g/mol. The van der Waals surface area contributed by atoms with E-state index in [1.165, 1.54) is 30.3 Å². The quantitative estimate of drug-likeness (QED) is 0.523. The van der Waals surface area contributed by atoms with Crippen molar-refractivity contribution < 1.29 is 46.4 Å². The molecule has 0 aromatic heterocycles. The molecular formula is C24H23F4NO6. The summed E-state index contributed by atoms with van der Waals surface area (Å²) in [6, 6.07) is 10.8. The highest BCUT2D eigenvalue weighted by molar-refractivity contribution is 5.85. The SMILES string of the molecule is C.C.N#CC1(c2ccc3c(c2)OC(F)(F)O3)CC1.O=C(O)C1(c2ccc3c(c2)OC(F)(F)O3)CC1. The van der Waals surface area contributed by atoms with E-state index in [2.05, 4.69) is 25.0 Å². The zero-order valence-electron chi connectivity index (χ0n) is 16.7. The molecule has 0 bridgehead atoms. The molecule has 2 aromatic rings. The number of benzene rings is 2. The number of nitrogens with zero attached hydrogens (tertiary/aromatic N) is 1. The molecular weight excluding hydrogens is 474 g/mol. The first kappa shape index (κ1) is 25.9. The Morgan fingerprint density at radius 1 is 0.771 bits per heavy atom. The molecule has 188 valence electrons. The molecule has 0 radical (unpaired) electrons. The van der Waals surface area contributed by atoms with Crippen LogP contribution in [0, 0.1) is 11.3 Å². The first-order chi connectivity index (χ1) is 15.5. The van der Waals surface area contributed by atoms with E-state index in [4.69, 9.17) is 10.4 Å². The van der Waals surface area contributed by atoms with Crippen molar-refractivity contribution in [3.8, 4) is 29.1 Å². The Morgan fingerprint density at radius 3 is 1.60 bits per heavy atom. The van der Waals surface area contributed by atoms with Crippen LogP contribution in [0.25, 0.3) is 0 Å². The molecule has 2 aliphatic heterocycles. The van der Waals surface area contributed by atoms with Gasteiger partial charge in [0.25, 0.3) is 0 Å². The number of halogens is 4. The summed E-state index contributed by atoms with van der Waals surface area (Å²) in [5, 5.41) is 18.1. The molecule has 2 fully saturated rings. The average Bonchev–Trinajstić information content (AvgIpc) is 3.64. The molecule has 0 saturated heterocycles. The summed E-state index contributed by atoms with van der Waals surface area (Å²) in [6.45, 7) is 0. The third-order valence-corrected chi connectivity index (χ3v) is 6.03. The highest BCUT2D eigenvalue weighted by atomic mass is 19.3. The lowest BCUT2D eigenvalue weighted by Gasteiger charge is -2.10. The minimum Gasteiger partial charge on any atom is -0.481 e. The van der Waals surface area contributed by atoms with Crippen LogP contribution in [0.2, 0.25) is 0 Å². The lowest BCUT2D eigenvalue weighted by atomic mass is 9.96. The Balaban J connectivity index is 0.000000185. The van der Waals surface area contributed by atoms with Crippen molar-refractivity contribution in [3.05, 3.63) is 47.5 Å². The molecule has 11 heteroatoms. The van der Waals surface area contributed by atoms with Gasteiger partial charge in [0.05, 0.1) is 16.9 Å². The summed E-state index contributed by atoms with van der Waals surface area (Å²) < 4.78 is 68.2. The molecule has 35 heavy (non-hydrogen) atoms. The topological polar surface area (TPSA) is 98.0 Å². The fraction of sp³-hybridized carbons (Fsp3) is 0.417. The predicted octanol–water partition coefficient (Wildman–Crippen LogP) is 5.96. The Kier molecular flexibility index (Phi) is 6.09. The van der Waals surface area contributed by atoms with Crippen LogP contribution in [-0.4, -0.2) is 23.7 Å². The summed E-state index contributed by atoms with van der Waals surface area (Å²) in [5.74, 6) is -1.10. The predicted molar refractivity (Wildman–Crippen MR) is 114 cm³/mol. The van der Waals surface area contributed by atoms with Gasteiger partial charge in [-0.3, -0.25) is 4.79 Å². The molecule has 0 spiro atoms. The van der Waals surface area contributed by atoms with Gasteiger partial charge in [0.1, 0.15) is 0 Å². The fourth-order valence-electron chi connectivity index (χ4n) is 3.83. The minimum absolute atomic E-state index is 0. The second-order valence-corrected chi connectivity index (χ2v) is 8.24. The molecule has 4 aliphatic rings. The first-order valence-electron chi connectivity index (χ1n) is 9.93. The summed E-state index contributed by atoms with van der Waals surface area (Å²) >= 11 is 0. The van der Waals surface area contributed by atoms with E-state index in [9.17, 15) is 22.4 Å². The number of carboxylic acids is 1. The smallest absolute Gasteiger partial charge is 0.481 e. The van der Waals surface area contributed by atoms with E-state index in [1.54, 1.807) is 6.07 Å². The minimum atomic E-state index is -3.67. The molecule has 2 saturated carbocycles. The van der Waals surface area contributed by atoms with Crippen molar-refractivity contribution >= 4 is 5.97 Å². The van der Waals surface area contributed by atoms with E-state index >= 15 is 0 Å². The number of nitriles is 1. The van der Waals surface area contributed by atoms with Gasteiger partial charge in [-0.25, -0.2) is 0 Å². The molecule has 2 aromatic carbocycles. The Hall–Kier alpha value is -3.68. The fourth-order valence-corrected chi connectivity index (χ4v) is 3.83. The molecule has 7 nitrogen and oxygen atoms in total. The number of hydrogen-bond donors (Lipinski definition) is 1. The summed E-state index contributed by atoms with van der Waals surface area (Å²) in [7, 11) is 0. The van der Waals surface area contributed by atoms with Gasteiger partial charge >= 0.3 is 18.6 Å². The van der Waals surface area contributed by atoms with E-state index in [0.717, 1.165) is 18.4 Å². The van der Waals surface area contributed by atoms with Gasteiger partial charge in [-0.2, -0.15) is 5.26 Å². The maximum absolute atomic E-state index is 12.8. The van der Waals surface area contributed by atoms with Gasteiger partial charge in [0.15, 0.2) is 23.0 Å². The summed E-state index contributed by atoms with van der Waals surface area (Å²) in [5.41, 5.74) is -0.243. The second kappa shape index (κ2) is 8.22. The maximum Gasteiger partial charge on any atom is 0.586 e. The Bertz CT molecular complexity index is 1200. The number of aliphatic carboxylic acids is 1. The molecule has 0 unspecified atom stereocenters. The largest absolute Gasteiger partial charge is 0.586 e. The first-order valence-corrected chi connectivity index (χ1v) is 9.93. The zero-order chi connectivity index (χ0) is 23.6. The number of ether oxygens (including phenoxy) is 4. The van der Waals surface area contributed by atoms with Crippen LogP contribution in [0.3, 0.4) is 0 Å². The summed E-state index contributed by atoms with van der Waals surface area (Å²) in [4.78, 5) is 11.1. The van der Waals surface area contributed by atoms with Crippen molar-refractivity contribution in [1.82, 2.24) is 0 Å². The van der Waals surface area contributed by atoms with E-state index in [1.807, 2.05) is 0 Å². The third kappa shape index (κ3) is 4.52. The van der Waals surface area contributed by atoms with Gasteiger partial charge in [-0.15, -0.1) is 17.6 Å². The normalized spacial score (nSPS) is 21.1. The van der Waals surface area contributed by atoms with Crippen molar-refractivity contribution in [3.63, 3.8) is 0 Å². The van der Waals surface area contributed by atoms with Crippen LogP contribution in [0.4, 0.5) is 17.6 Å². The average molecular weight is 497 g/mol. The van der Waals surface area contributed by atoms with Crippen molar-refractivity contribution in [2.75, 3.05) is 0 Å². The van der Waals surface area contributed by atoms with Gasteiger partial charge in [0, 0.05) is 0 Å². The van der Waals surface area contributed by atoms with Gasteiger partial charge in [-0.05, 0) is 61.1 Å². The molecule has 0 amide bonds. The molecule has 1 N–H and O–H groups in total. The van der Waals surface area contributed by atoms with E-state index in [-0.39, 0.29) is 37.9 Å².